The van der Waals surface area contributed by atoms with Crippen molar-refractivity contribution in [1.29, 1.82) is 0 Å². The minimum Gasteiger partial charge on any atom is -0.497 e. The monoisotopic (exact) mass is 593 g/mol. The molecule has 3 N–H and O–H groups in total. The van der Waals surface area contributed by atoms with E-state index in [4.69, 9.17) is 29.4 Å². The van der Waals surface area contributed by atoms with Crippen LogP contribution < -0.4 is 24.7 Å². The molecular formula is C33H39NO7S. The first-order chi connectivity index (χ1) is 20.1. The van der Waals surface area contributed by atoms with Gasteiger partial charge in [0.25, 0.3) is 0 Å². The highest BCUT2D eigenvalue weighted by Crippen LogP contribution is 2.45. The lowest BCUT2D eigenvalue weighted by Crippen LogP contribution is -2.38. The molecule has 1 saturated carbocycles. The summed E-state index contributed by atoms with van der Waals surface area (Å²) < 4.78 is 28.2. The van der Waals surface area contributed by atoms with Crippen molar-refractivity contribution in [3.63, 3.8) is 0 Å². The maximum Gasteiger partial charge on any atom is 0.336 e. The Morgan fingerprint density at radius 3 is 2.45 bits per heavy atom. The van der Waals surface area contributed by atoms with E-state index in [9.17, 15) is 9.90 Å². The van der Waals surface area contributed by atoms with Gasteiger partial charge < -0.3 is 34.5 Å². The molecule has 0 spiro atoms. The van der Waals surface area contributed by atoms with Gasteiger partial charge in [0.1, 0.15) is 23.4 Å². The number of rotatable bonds is 10. The van der Waals surface area contributed by atoms with Crippen LogP contribution >= 0.6 is 11.8 Å². The highest BCUT2D eigenvalue weighted by Gasteiger charge is 2.38. The molecule has 4 atom stereocenters. The summed E-state index contributed by atoms with van der Waals surface area (Å²) in [6.07, 6.45) is 2.04. The maximum absolute atomic E-state index is 13.4. The summed E-state index contributed by atoms with van der Waals surface area (Å²) in [5, 5.41) is 10.8. The predicted octanol–water partition coefficient (Wildman–Crippen LogP) is 7.14. The summed E-state index contributed by atoms with van der Waals surface area (Å²) in [5.41, 5.74) is 7.72. The average molecular weight is 594 g/mol. The Kier molecular flexibility index (Phi) is 9.08. The Morgan fingerprint density at radius 2 is 1.71 bits per heavy atom. The third kappa shape index (κ3) is 6.73. The number of thioether (sulfide) groups is 1. The van der Waals surface area contributed by atoms with E-state index in [0.29, 0.717) is 45.2 Å². The Morgan fingerprint density at radius 1 is 1.02 bits per heavy atom. The summed E-state index contributed by atoms with van der Waals surface area (Å²) in [6, 6.07) is 18.0. The highest BCUT2D eigenvalue weighted by atomic mass is 32.2. The van der Waals surface area contributed by atoms with E-state index in [-0.39, 0.29) is 18.3 Å². The summed E-state index contributed by atoms with van der Waals surface area (Å²) in [6.45, 7) is 6.86. The molecule has 8 nitrogen and oxygen atoms in total. The number of benzene rings is 3. The van der Waals surface area contributed by atoms with Gasteiger partial charge in [0, 0.05) is 16.6 Å². The van der Waals surface area contributed by atoms with Crippen molar-refractivity contribution in [2.45, 2.75) is 68.8 Å². The Labute approximate surface area is 251 Å². The second kappa shape index (κ2) is 12.8. The van der Waals surface area contributed by atoms with Gasteiger partial charge in [-0.15, -0.1) is 11.8 Å². The average Bonchev–Trinajstić information content (AvgIpc) is 3.45. The van der Waals surface area contributed by atoms with Crippen LogP contribution in [0.3, 0.4) is 0 Å². The highest BCUT2D eigenvalue weighted by molar-refractivity contribution is 7.99. The fourth-order valence-electron chi connectivity index (χ4n) is 5.44. The molecular weight excluding hydrogens is 554 g/mol. The van der Waals surface area contributed by atoms with Crippen molar-refractivity contribution in [2.24, 2.45) is 11.3 Å². The quantitative estimate of drug-likeness (QED) is 0.144. The first kappa shape index (κ1) is 29.9. The molecule has 1 heterocycles. The predicted molar refractivity (Wildman–Crippen MR) is 162 cm³/mol. The van der Waals surface area contributed by atoms with Gasteiger partial charge in [0.2, 0.25) is 6.79 Å². The molecule has 0 saturated heterocycles. The molecule has 0 radical (unpaired) electrons. The molecule has 9 heteroatoms. The van der Waals surface area contributed by atoms with E-state index < -0.39 is 17.3 Å². The number of anilines is 1. The van der Waals surface area contributed by atoms with E-state index in [1.165, 1.54) is 11.8 Å². The molecule has 3 aromatic rings. The van der Waals surface area contributed by atoms with Crippen molar-refractivity contribution in [3.8, 4) is 28.7 Å². The molecule has 0 amide bonds. The van der Waals surface area contributed by atoms with Crippen molar-refractivity contribution < 1.29 is 33.6 Å². The molecule has 3 aromatic carbocycles. The van der Waals surface area contributed by atoms with Crippen LogP contribution in [0.15, 0.2) is 65.6 Å². The van der Waals surface area contributed by atoms with Crippen molar-refractivity contribution in [1.82, 2.24) is 0 Å². The van der Waals surface area contributed by atoms with E-state index in [1.807, 2.05) is 12.1 Å². The van der Waals surface area contributed by atoms with Gasteiger partial charge in [-0.2, -0.15) is 0 Å². The molecule has 0 aromatic heterocycles. The minimum atomic E-state index is -1.42. The van der Waals surface area contributed by atoms with E-state index >= 15 is 0 Å². The van der Waals surface area contributed by atoms with Crippen LogP contribution in [0, 0.1) is 11.3 Å². The van der Waals surface area contributed by atoms with Crippen LogP contribution in [-0.2, 0) is 9.53 Å². The van der Waals surface area contributed by atoms with Crippen LogP contribution in [0.5, 0.6) is 28.7 Å². The van der Waals surface area contributed by atoms with Crippen molar-refractivity contribution >= 4 is 23.4 Å². The molecule has 0 bridgehead atoms. The largest absolute Gasteiger partial charge is 0.497 e. The first-order valence-corrected chi connectivity index (χ1v) is 15.2. The lowest BCUT2D eigenvalue weighted by atomic mass is 9.67. The number of carbonyl (C=O) groups excluding carboxylic acids is 1. The van der Waals surface area contributed by atoms with Crippen LogP contribution in [0.1, 0.15) is 57.3 Å². The fourth-order valence-corrected chi connectivity index (χ4v) is 6.64. The second-order valence-corrected chi connectivity index (χ2v) is 12.7. The number of nitrogens with two attached hydrogens (primary N) is 1. The van der Waals surface area contributed by atoms with E-state index in [0.717, 1.165) is 31.2 Å². The molecule has 224 valence electrons. The Bertz CT molecular complexity index is 1400. The third-order valence-electron chi connectivity index (χ3n) is 8.44. The van der Waals surface area contributed by atoms with Crippen LogP contribution in [0.25, 0.3) is 0 Å². The summed E-state index contributed by atoms with van der Waals surface area (Å²) in [7, 11) is 1.59. The third-order valence-corrected chi connectivity index (χ3v) is 9.83. The topological polar surface area (TPSA) is 109 Å². The maximum atomic E-state index is 13.4. The van der Waals surface area contributed by atoms with Gasteiger partial charge in [-0.25, -0.2) is 4.79 Å². The zero-order chi connectivity index (χ0) is 29.9. The molecule has 1 aliphatic heterocycles. The number of aliphatic hydroxyl groups excluding tert-OH is 1. The smallest absolute Gasteiger partial charge is 0.336 e. The number of hydrogen-bond acceptors (Lipinski definition) is 9. The molecule has 5 rings (SSSR count). The number of fused-ring (bicyclic) bond motifs is 1. The molecule has 1 aliphatic carbocycles. The minimum absolute atomic E-state index is 0.102. The summed E-state index contributed by atoms with van der Waals surface area (Å²) in [5.74, 6) is 2.93. The van der Waals surface area contributed by atoms with Gasteiger partial charge >= 0.3 is 5.97 Å². The van der Waals surface area contributed by atoms with Gasteiger partial charge in [-0.05, 0) is 85.0 Å². The zero-order valence-corrected chi connectivity index (χ0v) is 25.3. The summed E-state index contributed by atoms with van der Waals surface area (Å²) >= 11 is 1.29. The first-order valence-electron chi connectivity index (χ1n) is 14.3. The second-order valence-electron chi connectivity index (χ2n) is 11.5. The van der Waals surface area contributed by atoms with Gasteiger partial charge in [0.05, 0.1) is 12.4 Å². The number of methoxy groups -OCH3 is 1. The van der Waals surface area contributed by atoms with Crippen molar-refractivity contribution in [2.75, 3.05) is 19.6 Å². The number of nitrogen functional groups attached to an aromatic ring is 1. The number of carbonyl (C=O) groups is 1. The molecule has 1 fully saturated rings. The van der Waals surface area contributed by atoms with E-state index in [2.05, 4.69) is 20.8 Å². The SMILES string of the molecule is COc1ccc([C@H](Sc2cc(Oc3ccc4c(c3)OCO4)ccc2N)[C@@H](O)C(=O)OC2CCCC(C)(C(C)C)C2)cc1. The van der Waals surface area contributed by atoms with Crippen LogP contribution in [0.2, 0.25) is 0 Å². The normalized spacial score (nSPS) is 21.0. The zero-order valence-electron chi connectivity index (χ0n) is 24.5. The molecule has 42 heavy (non-hydrogen) atoms. The van der Waals surface area contributed by atoms with Crippen LogP contribution in [0.4, 0.5) is 5.69 Å². The van der Waals surface area contributed by atoms with Crippen LogP contribution in [-0.4, -0.2) is 37.2 Å². The van der Waals surface area contributed by atoms with Gasteiger partial charge in [0.15, 0.2) is 17.6 Å². The number of hydrogen-bond donors (Lipinski definition) is 2. The summed E-state index contributed by atoms with van der Waals surface area (Å²) in [4.78, 5) is 14.1. The number of ether oxygens (including phenoxy) is 5. The van der Waals surface area contributed by atoms with E-state index in [1.54, 1.807) is 55.6 Å². The lowest BCUT2D eigenvalue weighted by molar-refractivity contribution is -0.163. The Hall–Kier alpha value is -3.56. The van der Waals surface area contributed by atoms with Gasteiger partial charge in [-0.3, -0.25) is 0 Å². The molecule has 2 unspecified atom stereocenters. The van der Waals surface area contributed by atoms with Crippen molar-refractivity contribution in [3.05, 3.63) is 66.2 Å². The number of esters is 1. The fraction of sp³-hybridized carbons (Fsp3) is 0.424. The molecule has 2 aliphatic rings. The number of aliphatic hydroxyl groups is 1. The lowest BCUT2D eigenvalue weighted by Gasteiger charge is -2.41. The standard InChI is InChI=1S/C33H39NO7S/c1-20(2)33(3)15-5-6-25(18-33)41-32(36)30(35)31(21-7-9-22(37-4)10-8-21)42-29-17-24(11-13-26(29)34)40-23-12-14-27-28(16-23)39-19-38-27/h7-14,16-17,20,25,30-31,35H,5-6,15,18-19,34H2,1-4H3/t25?,30-,31+,33?/m1/s1. The van der Waals surface area contributed by atoms with Gasteiger partial charge in [-0.1, -0.05) is 32.9 Å². The Balaban J connectivity index is 1.37.